The highest BCUT2D eigenvalue weighted by Crippen LogP contribution is 2.41. The zero-order valence-electron chi connectivity index (χ0n) is 31.5. The van der Waals surface area contributed by atoms with Crippen LogP contribution in [-0.2, 0) is 0 Å². The highest BCUT2D eigenvalue weighted by molar-refractivity contribution is 7.26. The summed E-state index contributed by atoms with van der Waals surface area (Å²) >= 11 is 1.83. The molecule has 0 bridgehead atoms. The van der Waals surface area contributed by atoms with Crippen molar-refractivity contribution in [3.8, 4) is 67.7 Å². The lowest BCUT2D eigenvalue weighted by atomic mass is 9.87. The Morgan fingerprint density at radius 2 is 0.966 bits per heavy atom. The van der Waals surface area contributed by atoms with Gasteiger partial charge in [0, 0.05) is 58.9 Å². The first kappa shape index (κ1) is 34.5. The average Bonchev–Trinajstić information content (AvgIpc) is 3.69. The van der Waals surface area contributed by atoms with E-state index in [1.165, 1.54) is 25.7 Å². The van der Waals surface area contributed by atoms with Crippen LogP contribution in [-0.4, -0.2) is 31.4 Å². The first-order chi connectivity index (χ1) is 29.1. The molecule has 1 aliphatic carbocycles. The fraction of sp³-hybridized carbons (Fsp3) is 0. The zero-order chi connectivity index (χ0) is 39.5. The van der Waals surface area contributed by atoms with Gasteiger partial charge in [-0.05, 0) is 46.5 Å². The van der Waals surface area contributed by atoms with Crippen molar-refractivity contribution in [3.05, 3.63) is 187 Å². The Balaban J connectivity index is 0.962. The van der Waals surface area contributed by atoms with Crippen molar-refractivity contribution in [2.45, 2.75) is 0 Å². The molecule has 276 valence electrons. The van der Waals surface area contributed by atoms with Crippen LogP contribution in [0.5, 0.6) is 0 Å². The number of hydrogen-bond donors (Lipinski definition) is 2. The highest BCUT2D eigenvalue weighted by Gasteiger charge is 2.23. The maximum Gasteiger partial charge on any atom is 0.164 e. The Bertz CT molecular complexity index is 3330. The number of nitrogens with one attached hydrogen (secondary N) is 2. The van der Waals surface area contributed by atoms with E-state index in [9.17, 15) is 0 Å². The van der Waals surface area contributed by atoms with Gasteiger partial charge >= 0.3 is 0 Å². The maximum absolute atomic E-state index is 8.85. The summed E-state index contributed by atoms with van der Waals surface area (Å²) < 4.78 is 2.58. The van der Waals surface area contributed by atoms with E-state index in [0.29, 0.717) is 17.5 Å². The number of benzene rings is 7. The molecule has 0 amide bonds. The van der Waals surface area contributed by atoms with E-state index in [1.807, 2.05) is 84.1 Å². The van der Waals surface area contributed by atoms with Gasteiger partial charge in [0.1, 0.15) is 0 Å². The van der Waals surface area contributed by atoms with Gasteiger partial charge in [0.05, 0.1) is 22.6 Å². The van der Waals surface area contributed by atoms with E-state index in [0.717, 1.165) is 66.7 Å². The van der Waals surface area contributed by atoms with Crippen LogP contribution < -0.4 is 0 Å². The molecule has 3 heterocycles. The Morgan fingerprint density at radius 3 is 1.66 bits per heavy atom. The van der Waals surface area contributed by atoms with Gasteiger partial charge in [0.15, 0.2) is 17.5 Å². The van der Waals surface area contributed by atoms with Gasteiger partial charge in [-0.3, -0.25) is 10.8 Å². The third kappa shape index (κ3) is 6.04. The van der Waals surface area contributed by atoms with Gasteiger partial charge in [-0.1, -0.05) is 158 Å². The van der Waals surface area contributed by atoms with Crippen LogP contribution in [0.3, 0.4) is 0 Å². The molecule has 0 aliphatic heterocycles. The minimum absolute atomic E-state index is 0.193. The molecule has 0 radical (unpaired) electrons. The third-order valence-electron chi connectivity index (χ3n) is 11.0. The van der Waals surface area contributed by atoms with Gasteiger partial charge < -0.3 is 0 Å². The molecule has 0 fully saturated rings. The molecule has 0 unspecified atom stereocenters. The predicted molar refractivity (Wildman–Crippen MR) is 244 cm³/mol. The van der Waals surface area contributed by atoms with E-state index in [4.69, 9.17) is 30.8 Å². The van der Waals surface area contributed by atoms with Crippen LogP contribution in [0.15, 0.2) is 176 Å². The van der Waals surface area contributed by atoms with E-state index in [-0.39, 0.29) is 11.4 Å². The zero-order valence-corrected chi connectivity index (χ0v) is 32.3. The van der Waals surface area contributed by atoms with Crippen LogP contribution in [0, 0.1) is 10.8 Å². The molecule has 0 spiro atoms. The maximum atomic E-state index is 8.85. The van der Waals surface area contributed by atoms with Crippen LogP contribution >= 0.6 is 11.3 Å². The molecule has 0 saturated heterocycles. The number of aromatic nitrogens is 4. The van der Waals surface area contributed by atoms with Gasteiger partial charge in [0.2, 0.25) is 0 Å². The summed E-state index contributed by atoms with van der Waals surface area (Å²) in [5, 5.41) is 20.7. The van der Waals surface area contributed by atoms with Crippen LogP contribution in [0.25, 0.3) is 105 Å². The second-order valence-electron chi connectivity index (χ2n) is 14.6. The van der Waals surface area contributed by atoms with Crippen LogP contribution in [0.1, 0.15) is 11.1 Å². The van der Waals surface area contributed by atoms with E-state index in [2.05, 4.69) is 103 Å². The largest absolute Gasteiger partial charge is 0.299 e. The van der Waals surface area contributed by atoms with Crippen LogP contribution in [0.4, 0.5) is 0 Å². The van der Waals surface area contributed by atoms with Crippen LogP contribution in [0.2, 0.25) is 0 Å². The summed E-state index contributed by atoms with van der Waals surface area (Å²) in [6.45, 7) is 0. The number of allylic oxidation sites excluding steroid dienone is 1. The standard InChI is InChI=1S/C52H32N6S/c53-43-29-28-42-46(47(43)54)41-27-26-37(30-44(41)55-48(42)33-10-3-1-4-11-33)31-18-22-35(23-19-31)51-56-50(34-12-5-2-6-13-34)57-52(58-51)36-24-20-32(21-25-36)38-15-9-16-40-39-14-7-8-17-45(39)59-49(38)40/h1-30,53-54H. The number of rotatable bonds is 6. The number of fused-ring (bicyclic) bond motifs is 6. The number of pyridine rings is 1. The summed E-state index contributed by atoms with van der Waals surface area (Å²) in [7, 11) is 0. The van der Waals surface area contributed by atoms with Gasteiger partial charge in [-0.15, -0.1) is 11.3 Å². The second kappa shape index (κ2) is 14.0. The molecule has 7 heteroatoms. The molecule has 3 aromatic heterocycles. The first-order valence-electron chi connectivity index (χ1n) is 19.4. The number of hydrogen-bond acceptors (Lipinski definition) is 7. The topological polar surface area (TPSA) is 99.3 Å². The van der Waals surface area contributed by atoms with E-state index >= 15 is 0 Å². The molecule has 0 atom stereocenters. The van der Waals surface area contributed by atoms with E-state index < -0.39 is 0 Å². The van der Waals surface area contributed by atoms with Crippen molar-refractivity contribution in [1.29, 1.82) is 10.8 Å². The average molecular weight is 773 g/mol. The summed E-state index contributed by atoms with van der Waals surface area (Å²) in [6.07, 6.45) is 3.60. The molecule has 59 heavy (non-hydrogen) atoms. The Labute approximate surface area is 343 Å². The van der Waals surface area contributed by atoms with Crippen molar-refractivity contribution in [3.63, 3.8) is 0 Å². The van der Waals surface area contributed by atoms with Crippen molar-refractivity contribution in [2.75, 3.05) is 0 Å². The summed E-state index contributed by atoms with van der Waals surface area (Å²) in [5.74, 6) is 1.81. The molecular weight excluding hydrogens is 741 g/mol. The van der Waals surface area contributed by atoms with Crippen molar-refractivity contribution >= 4 is 59.9 Å². The molecule has 2 N–H and O–H groups in total. The lowest BCUT2D eigenvalue weighted by molar-refractivity contribution is 1.07. The van der Waals surface area contributed by atoms with Gasteiger partial charge in [-0.2, -0.15) is 0 Å². The van der Waals surface area contributed by atoms with Gasteiger partial charge in [-0.25, -0.2) is 19.9 Å². The molecule has 0 saturated carbocycles. The minimum atomic E-state index is 0.193. The quantitative estimate of drug-likeness (QED) is 0.176. The number of nitrogens with zero attached hydrogens (tertiary/aromatic N) is 4. The fourth-order valence-electron chi connectivity index (χ4n) is 8.03. The Morgan fingerprint density at radius 1 is 0.407 bits per heavy atom. The molecule has 7 aromatic carbocycles. The second-order valence-corrected chi connectivity index (χ2v) is 15.6. The monoisotopic (exact) mass is 772 g/mol. The SMILES string of the molecule is N=C1C=Cc2c(-c3ccccc3)nc3cc(-c4ccc(-c5nc(-c6ccccc6)nc(-c6ccc(-c7cccc8c7sc7ccccc78)cc6)n5)cc4)ccc3c2C1=N. The molecule has 11 rings (SSSR count). The lowest BCUT2D eigenvalue weighted by Gasteiger charge is -2.19. The summed E-state index contributed by atoms with van der Waals surface area (Å²) in [6, 6.07) is 58.2. The highest BCUT2D eigenvalue weighted by atomic mass is 32.1. The fourth-order valence-corrected chi connectivity index (χ4v) is 9.27. The normalized spacial score (nSPS) is 12.4. The Kier molecular flexibility index (Phi) is 8.20. The third-order valence-corrected chi connectivity index (χ3v) is 12.2. The van der Waals surface area contributed by atoms with Crippen molar-refractivity contribution in [1.82, 2.24) is 19.9 Å². The Hall–Kier alpha value is -7.74. The van der Waals surface area contributed by atoms with E-state index in [1.54, 1.807) is 6.08 Å². The van der Waals surface area contributed by atoms with Gasteiger partial charge in [0.25, 0.3) is 0 Å². The summed E-state index contributed by atoms with van der Waals surface area (Å²) in [5.41, 5.74) is 11.6. The lowest BCUT2D eigenvalue weighted by Crippen LogP contribution is -2.17. The predicted octanol–water partition coefficient (Wildman–Crippen LogP) is 13.2. The molecular formula is C52H32N6S. The molecule has 10 aromatic rings. The van der Waals surface area contributed by atoms with Crippen molar-refractivity contribution < 1.29 is 0 Å². The molecule has 1 aliphatic rings. The smallest absolute Gasteiger partial charge is 0.164 e. The number of thiophene rings is 1. The van der Waals surface area contributed by atoms with Crippen molar-refractivity contribution in [2.24, 2.45) is 0 Å². The first-order valence-corrected chi connectivity index (χ1v) is 20.2. The molecule has 6 nitrogen and oxygen atoms in total. The summed E-state index contributed by atoms with van der Waals surface area (Å²) in [4.78, 5) is 20.2. The minimum Gasteiger partial charge on any atom is -0.299 e.